The molecule has 0 bridgehead atoms. The summed E-state index contributed by atoms with van der Waals surface area (Å²) in [6.07, 6.45) is -0.625. The highest BCUT2D eigenvalue weighted by Gasteiger charge is 2.35. The molecule has 13 heteroatoms. The molecule has 3 N–H and O–H groups in total. The van der Waals surface area contributed by atoms with Gasteiger partial charge >= 0.3 is 6.03 Å². The smallest absolute Gasteiger partial charge is 0.323 e. The highest BCUT2D eigenvalue weighted by molar-refractivity contribution is 7.89. The first kappa shape index (κ1) is 30.0. The second-order valence-corrected chi connectivity index (χ2v) is 12.3. The standard InChI is InChI=1S/C28H35N5O7S/c1-17-14-33(18(2)16-34)27(35)23-13-21(29-28(36)30-26-19(3)31-40-20(26)4)11-12-24(23)39-25(17)15-32(5)41(37,38)22-9-7-6-8-10-22/h6-13,17-18,25,34H,14-16H2,1-5H3,(H2,29,30,36)/t17-,18-,25-/m1/s1. The molecule has 2 aromatic carbocycles. The molecule has 12 nitrogen and oxygen atoms in total. The van der Waals surface area contributed by atoms with Crippen LogP contribution in [0.5, 0.6) is 5.75 Å². The predicted molar refractivity (Wildman–Crippen MR) is 152 cm³/mol. The molecule has 0 fully saturated rings. The van der Waals surface area contributed by atoms with Crippen LogP contribution in [0.2, 0.25) is 0 Å². The lowest BCUT2D eigenvalue weighted by molar-refractivity contribution is 0.0387. The molecule has 1 aliphatic rings. The minimum atomic E-state index is -3.79. The Labute approximate surface area is 239 Å². The minimum absolute atomic E-state index is 0.0210. The van der Waals surface area contributed by atoms with Crippen LogP contribution >= 0.6 is 0 Å². The van der Waals surface area contributed by atoms with Crippen LogP contribution in [-0.2, 0) is 10.0 Å². The van der Waals surface area contributed by atoms with E-state index in [9.17, 15) is 23.1 Å². The molecule has 3 aromatic rings. The first-order chi connectivity index (χ1) is 19.4. The minimum Gasteiger partial charge on any atom is -0.488 e. The van der Waals surface area contributed by atoms with E-state index < -0.39 is 28.2 Å². The zero-order valence-corrected chi connectivity index (χ0v) is 24.4. The SMILES string of the molecule is Cc1noc(C)c1NC(=O)Nc1ccc2c(c1)C(=O)N([C@H](C)CO)C[C@@H](C)[C@@H](CN(C)S(=O)(=O)c1ccccc1)O2. The van der Waals surface area contributed by atoms with Crippen LogP contribution in [0.15, 0.2) is 57.9 Å². The van der Waals surface area contributed by atoms with Gasteiger partial charge in [0.2, 0.25) is 10.0 Å². The van der Waals surface area contributed by atoms with Gasteiger partial charge in [-0.1, -0.05) is 30.3 Å². The maximum absolute atomic E-state index is 13.7. The van der Waals surface area contributed by atoms with Gasteiger partial charge in [0.25, 0.3) is 5.91 Å². The van der Waals surface area contributed by atoms with Crippen molar-refractivity contribution in [3.63, 3.8) is 0 Å². The van der Waals surface area contributed by atoms with Gasteiger partial charge in [-0.05, 0) is 51.1 Å². The van der Waals surface area contributed by atoms with Crippen molar-refractivity contribution in [3.05, 3.63) is 65.5 Å². The van der Waals surface area contributed by atoms with E-state index in [1.807, 2.05) is 6.92 Å². The Kier molecular flexibility index (Phi) is 9.00. The van der Waals surface area contributed by atoms with Crippen molar-refractivity contribution >= 4 is 33.3 Å². The Morgan fingerprint density at radius 2 is 1.90 bits per heavy atom. The topological polar surface area (TPSA) is 154 Å². The van der Waals surface area contributed by atoms with Gasteiger partial charge in [0.1, 0.15) is 23.2 Å². The number of carbonyl (C=O) groups excluding carboxylic acids is 2. The summed E-state index contributed by atoms with van der Waals surface area (Å²) in [5.41, 5.74) is 1.47. The van der Waals surface area contributed by atoms with Crippen LogP contribution < -0.4 is 15.4 Å². The molecule has 2 heterocycles. The van der Waals surface area contributed by atoms with E-state index in [2.05, 4.69) is 15.8 Å². The summed E-state index contributed by atoms with van der Waals surface area (Å²) >= 11 is 0. The first-order valence-electron chi connectivity index (χ1n) is 13.2. The number of benzene rings is 2. The van der Waals surface area contributed by atoms with Crippen molar-refractivity contribution in [1.29, 1.82) is 0 Å². The van der Waals surface area contributed by atoms with Crippen LogP contribution in [0.4, 0.5) is 16.2 Å². The summed E-state index contributed by atoms with van der Waals surface area (Å²) in [6, 6.07) is 11.7. The number of nitrogens with one attached hydrogen (secondary N) is 2. The molecule has 0 unspecified atom stereocenters. The average molecular weight is 586 g/mol. The number of rotatable bonds is 8. The van der Waals surface area contributed by atoms with Crippen LogP contribution in [0.3, 0.4) is 0 Å². The number of urea groups is 1. The molecular formula is C28H35N5O7S. The summed E-state index contributed by atoms with van der Waals surface area (Å²) in [6.45, 7) is 6.95. The molecule has 220 valence electrons. The Bertz CT molecular complexity index is 1490. The van der Waals surface area contributed by atoms with E-state index in [4.69, 9.17) is 9.26 Å². The fourth-order valence-electron chi connectivity index (χ4n) is 4.58. The van der Waals surface area contributed by atoms with E-state index in [1.54, 1.807) is 56.0 Å². The zero-order chi connectivity index (χ0) is 29.9. The molecular weight excluding hydrogens is 550 g/mol. The van der Waals surface area contributed by atoms with Gasteiger partial charge in [-0.15, -0.1) is 0 Å². The number of aryl methyl sites for hydroxylation is 2. The fourth-order valence-corrected chi connectivity index (χ4v) is 5.78. The summed E-state index contributed by atoms with van der Waals surface area (Å²) in [4.78, 5) is 28.1. The third-order valence-electron chi connectivity index (χ3n) is 7.08. The molecule has 0 radical (unpaired) electrons. The van der Waals surface area contributed by atoms with Gasteiger partial charge in [-0.25, -0.2) is 13.2 Å². The first-order valence-corrected chi connectivity index (χ1v) is 14.6. The third-order valence-corrected chi connectivity index (χ3v) is 8.92. The van der Waals surface area contributed by atoms with E-state index in [0.717, 1.165) is 0 Å². The fraction of sp³-hybridized carbons (Fsp3) is 0.393. The van der Waals surface area contributed by atoms with Crippen molar-refractivity contribution in [1.82, 2.24) is 14.4 Å². The quantitative estimate of drug-likeness (QED) is 0.363. The van der Waals surface area contributed by atoms with E-state index in [-0.39, 0.29) is 47.7 Å². The van der Waals surface area contributed by atoms with E-state index >= 15 is 0 Å². The third kappa shape index (κ3) is 6.53. The highest BCUT2D eigenvalue weighted by Crippen LogP contribution is 2.31. The van der Waals surface area contributed by atoms with Gasteiger partial charge in [0.05, 0.1) is 29.7 Å². The number of ether oxygens (including phenoxy) is 1. The Morgan fingerprint density at radius 1 is 1.20 bits per heavy atom. The second-order valence-electron chi connectivity index (χ2n) is 10.2. The summed E-state index contributed by atoms with van der Waals surface area (Å²) in [7, 11) is -2.30. The van der Waals surface area contributed by atoms with Gasteiger partial charge in [-0.3, -0.25) is 4.79 Å². The number of anilines is 2. The second kappa shape index (κ2) is 12.3. The van der Waals surface area contributed by atoms with Crippen molar-refractivity contribution in [3.8, 4) is 5.75 Å². The number of likely N-dealkylation sites (N-methyl/N-ethyl adjacent to an activating group) is 1. The number of carbonyl (C=O) groups is 2. The van der Waals surface area contributed by atoms with Gasteiger partial charge in [-0.2, -0.15) is 4.31 Å². The van der Waals surface area contributed by atoms with Crippen molar-refractivity contribution in [2.75, 3.05) is 37.4 Å². The normalized spacial score (nSPS) is 18.2. The van der Waals surface area contributed by atoms with Crippen LogP contribution in [0.25, 0.3) is 0 Å². The number of hydrogen-bond acceptors (Lipinski definition) is 8. The number of hydrogen-bond donors (Lipinski definition) is 3. The molecule has 3 atom stereocenters. The monoisotopic (exact) mass is 585 g/mol. The summed E-state index contributed by atoms with van der Waals surface area (Å²) in [5.74, 6) is 0.0244. The summed E-state index contributed by atoms with van der Waals surface area (Å²) < 4.78 is 39.0. The summed E-state index contributed by atoms with van der Waals surface area (Å²) in [5, 5.41) is 19.1. The number of aliphatic hydroxyl groups is 1. The van der Waals surface area contributed by atoms with Crippen LogP contribution in [-0.4, -0.2) is 78.7 Å². The maximum Gasteiger partial charge on any atom is 0.323 e. The van der Waals surface area contributed by atoms with E-state index in [1.165, 1.54) is 29.6 Å². The highest BCUT2D eigenvalue weighted by atomic mass is 32.2. The molecule has 41 heavy (non-hydrogen) atoms. The molecule has 1 aromatic heterocycles. The molecule has 0 saturated carbocycles. The lowest BCUT2D eigenvalue weighted by Gasteiger charge is -2.38. The van der Waals surface area contributed by atoms with Gasteiger partial charge in [0.15, 0.2) is 5.76 Å². The molecule has 0 spiro atoms. The van der Waals surface area contributed by atoms with Crippen molar-refractivity contribution < 1.29 is 32.4 Å². The lowest BCUT2D eigenvalue weighted by Crippen LogP contribution is -2.50. The Balaban J connectivity index is 1.62. The van der Waals surface area contributed by atoms with Crippen molar-refractivity contribution in [2.45, 2.75) is 44.7 Å². The molecule has 3 amide bonds. The number of aromatic nitrogens is 1. The Hall–Kier alpha value is -3.94. The number of aliphatic hydroxyl groups excluding tert-OH is 1. The molecule has 0 aliphatic carbocycles. The number of nitrogens with zero attached hydrogens (tertiary/aromatic N) is 3. The van der Waals surface area contributed by atoms with Gasteiger partial charge < -0.3 is 29.9 Å². The van der Waals surface area contributed by atoms with Crippen LogP contribution in [0, 0.1) is 19.8 Å². The Morgan fingerprint density at radius 3 is 2.54 bits per heavy atom. The van der Waals surface area contributed by atoms with Crippen LogP contribution in [0.1, 0.15) is 35.7 Å². The maximum atomic E-state index is 13.7. The lowest BCUT2D eigenvalue weighted by atomic mass is 9.99. The zero-order valence-electron chi connectivity index (χ0n) is 23.6. The van der Waals surface area contributed by atoms with E-state index in [0.29, 0.717) is 22.8 Å². The molecule has 1 aliphatic heterocycles. The largest absolute Gasteiger partial charge is 0.488 e. The molecule has 4 rings (SSSR count). The predicted octanol–water partition coefficient (Wildman–Crippen LogP) is 3.48. The number of fused-ring (bicyclic) bond motifs is 1. The average Bonchev–Trinajstić information content (AvgIpc) is 3.27. The van der Waals surface area contributed by atoms with Gasteiger partial charge in [0, 0.05) is 25.2 Å². The number of sulfonamides is 1. The van der Waals surface area contributed by atoms with Crippen molar-refractivity contribution in [2.24, 2.45) is 5.92 Å². The number of amides is 3. The molecule has 0 saturated heterocycles.